The van der Waals surface area contributed by atoms with E-state index in [-0.39, 0.29) is 24.4 Å². The van der Waals surface area contributed by atoms with Crippen LogP contribution in [0.15, 0.2) is 72.2 Å². The molecule has 202 valence electrons. The van der Waals surface area contributed by atoms with E-state index in [1.54, 1.807) is 37.4 Å². The van der Waals surface area contributed by atoms with Gasteiger partial charge in [-0.1, -0.05) is 19.1 Å². The zero-order valence-electron chi connectivity index (χ0n) is 21.7. The molecule has 2 aromatic rings. The van der Waals surface area contributed by atoms with E-state index in [1.165, 1.54) is 4.90 Å². The number of nitrogen functional groups attached to an aromatic ring is 1. The van der Waals surface area contributed by atoms with Gasteiger partial charge < -0.3 is 21.1 Å². The highest BCUT2D eigenvalue weighted by molar-refractivity contribution is 5.95. The monoisotopic (exact) mass is 539 g/mol. The summed E-state index contributed by atoms with van der Waals surface area (Å²) in [6, 6.07) is 11.8. The standard InChI is InChI=1S/C27H33N7O3.ClH/c1-4-27-13-12-21(33(17-35)23-7-5-6-14-30-23)15-22(27)34(18(2)26(36)37)24(32(27)3)16-31-20-10-8-19(9-11-20)25(28)29;/h5-12,14-15,17-18,24,31H,4,13,16H2,1-3H3,(H3,28,29)(H,36,37);1H. The number of rotatable bonds is 10. The molecule has 1 amide bonds. The number of nitrogens with one attached hydrogen (secondary N) is 2. The molecule has 3 unspecified atom stereocenters. The van der Waals surface area contributed by atoms with Crippen LogP contribution < -0.4 is 16.0 Å². The number of carbonyl (C=O) groups is 2. The molecule has 0 saturated carbocycles. The van der Waals surface area contributed by atoms with Gasteiger partial charge in [0.2, 0.25) is 6.41 Å². The normalized spacial score (nSPS) is 21.3. The van der Waals surface area contributed by atoms with Gasteiger partial charge in [0.05, 0.1) is 5.54 Å². The predicted molar refractivity (Wildman–Crippen MR) is 150 cm³/mol. The van der Waals surface area contributed by atoms with Crippen molar-refractivity contribution < 1.29 is 14.7 Å². The number of fused-ring (bicyclic) bond motifs is 1. The van der Waals surface area contributed by atoms with Gasteiger partial charge in [-0.25, -0.2) is 9.78 Å². The van der Waals surface area contributed by atoms with Crippen molar-refractivity contribution in [3.8, 4) is 0 Å². The number of carbonyl (C=O) groups excluding carboxylic acids is 1. The molecule has 0 bridgehead atoms. The van der Waals surface area contributed by atoms with Crippen LogP contribution in [0.4, 0.5) is 11.5 Å². The summed E-state index contributed by atoms with van der Waals surface area (Å²) >= 11 is 0. The highest BCUT2D eigenvalue weighted by Crippen LogP contribution is 2.47. The summed E-state index contributed by atoms with van der Waals surface area (Å²) in [4.78, 5) is 34.3. The number of allylic oxidation sites excluding steroid dienone is 1. The maximum atomic E-state index is 12.2. The van der Waals surface area contributed by atoms with Crippen LogP contribution in [0.3, 0.4) is 0 Å². The Morgan fingerprint density at radius 3 is 2.61 bits per heavy atom. The van der Waals surface area contributed by atoms with Crippen LogP contribution >= 0.6 is 12.4 Å². The second-order valence-corrected chi connectivity index (χ2v) is 9.30. The largest absolute Gasteiger partial charge is 0.480 e. The Labute approximate surface area is 228 Å². The number of pyridine rings is 1. The van der Waals surface area contributed by atoms with E-state index in [9.17, 15) is 14.7 Å². The third-order valence-corrected chi connectivity index (χ3v) is 7.46. The maximum absolute atomic E-state index is 12.2. The van der Waals surface area contributed by atoms with Crippen LogP contribution in [0, 0.1) is 5.41 Å². The first-order chi connectivity index (χ1) is 17.7. The smallest absolute Gasteiger partial charge is 0.326 e. The Morgan fingerprint density at radius 1 is 1.34 bits per heavy atom. The Bertz CT molecular complexity index is 1230. The lowest BCUT2D eigenvalue weighted by atomic mass is 9.83. The van der Waals surface area contributed by atoms with Gasteiger partial charge >= 0.3 is 5.97 Å². The van der Waals surface area contributed by atoms with Gasteiger partial charge in [-0.2, -0.15) is 0 Å². The van der Waals surface area contributed by atoms with Crippen LogP contribution in [-0.4, -0.2) is 69.4 Å². The van der Waals surface area contributed by atoms with E-state index in [1.807, 2.05) is 42.3 Å². The van der Waals surface area contributed by atoms with Gasteiger partial charge in [0, 0.05) is 35.4 Å². The zero-order chi connectivity index (χ0) is 26.7. The number of halogens is 1. The SMILES string of the molecule is CCC12CC=C(N(C=O)c3ccccn3)C=C1N(C(C)C(=O)O)C(CNc1ccc(C(=N)N)cc1)N2C.Cl. The van der Waals surface area contributed by atoms with E-state index in [0.717, 1.165) is 24.2 Å². The van der Waals surface area contributed by atoms with Crippen LogP contribution in [0.2, 0.25) is 0 Å². The number of hydrogen-bond donors (Lipinski definition) is 4. The van der Waals surface area contributed by atoms with Crippen LogP contribution in [-0.2, 0) is 9.59 Å². The van der Waals surface area contributed by atoms with Crippen molar-refractivity contribution in [2.45, 2.75) is 44.4 Å². The summed E-state index contributed by atoms with van der Waals surface area (Å²) in [6.45, 7) is 4.24. The van der Waals surface area contributed by atoms with Gasteiger partial charge in [0.25, 0.3) is 0 Å². The lowest BCUT2D eigenvalue weighted by molar-refractivity contribution is -0.142. The van der Waals surface area contributed by atoms with Crippen molar-refractivity contribution >= 4 is 42.1 Å². The average Bonchev–Trinajstić information content (AvgIpc) is 3.15. The van der Waals surface area contributed by atoms with Crippen LogP contribution in [0.5, 0.6) is 0 Å². The first-order valence-corrected chi connectivity index (χ1v) is 12.2. The van der Waals surface area contributed by atoms with Crippen LogP contribution in [0.25, 0.3) is 0 Å². The van der Waals surface area contributed by atoms with Gasteiger partial charge in [-0.05, 0) is 69.3 Å². The quantitative estimate of drug-likeness (QED) is 0.205. The molecule has 0 radical (unpaired) electrons. The highest BCUT2D eigenvalue weighted by atomic mass is 35.5. The van der Waals surface area contributed by atoms with E-state index < -0.39 is 17.6 Å². The molecule has 1 aliphatic carbocycles. The third kappa shape index (κ3) is 5.09. The first kappa shape index (κ1) is 28.7. The Hall–Kier alpha value is -3.89. The second-order valence-electron chi connectivity index (χ2n) is 9.30. The number of benzene rings is 1. The fourth-order valence-corrected chi connectivity index (χ4v) is 5.27. The summed E-state index contributed by atoms with van der Waals surface area (Å²) in [5.41, 5.74) is 8.16. The molecule has 1 aromatic heterocycles. The molecule has 2 aliphatic rings. The van der Waals surface area contributed by atoms with Gasteiger partial charge in [-0.3, -0.25) is 20.0 Å². The first-order valence-electron chi connectivity index (χ1n) is 12.2. The van der Waals surface area contributed by atoms with Crippen molar-refractivity contribution in [3.63, 3.8) is 0 Å². The summed E-state index contributed by atoms with van der Waals surface area (Å²) in [6.07, 6.45) is 7.42. The Kier molecular flexibility index (Phi) is 8.80. The molecule has 1 fully saturated rings. The number of aromatic nitrogens is 1. The van der Waals surface area contributed by atoms with Gasteiger partial charge in [0.1, 0.15) is 23.9 Å². The molecule has 5 N–H and O–H groups in total. The number of anilines is 2. The number of carboxylic acid groups (broad SMARTS) is 1. The zero-order valence-corrected chi connectivity index (χ0v) is 22.5. The van der Waals surface area contributed by atoms with Crippen molar-refractivity contribution in [1.29, 1.82) is 5.41 Å². The predicted octanol–water partition coefficient (Wildman–Crippen LogP) is 3.23. The molecule has 10 nitrogen and oxygen atoms in total. The third-order valence-electron chi connectivity index (χ3n) is 7.46. The molecule has 1 saturated heterocycles. The summed E-state index contributed by atoms with van der Waals surface area (Å²) in [5.74, 6) is -0.422. The van der Waals surface area contributed by atoms with Gasteiger partial charge in [-0.15, -0.1) is 12.4 Å². The molecule has 2 heterocycles. The minimum Gasteiger partial charge on any atom is -0.480 e. The molecule has 3 atom stereocenters. The summed E-state index contributed by atoms with van der Waals surface area (Å²) < 4.78 is 0. The molecular formula is C27H34ClN7O3. The van der Waals surface area contributed by atoms with Crippen LogP contribution in [0.1, 0.15) is 32.3 Å². The highest BCUT2D eigenvalue weighted by Gasteiger charge is 2.54. The Morgan fingerprint density at radius 2 is 2.05 bits per heavy atom. The number of carboxylic acids is 1. The topological polar surface area (TPSA) is 139 Å². The fraction of sp³-hybridized carbons (Fsp3) is 0.333. The molecule has 4 rings (SSSR count). The van der Waals surface area contributed by atoms with Crippen molar-refractivity contribution in [1.82, 2.24) is 14.8 Å². The number of amides is 1. The average molecular weight is 540 g/mol. The van der Waals surface area contributed by atoms with Crippen molar-refractivity contribution in [2.24, 2.45) is 5.73 Å². The van der Waals surface area contributed by atoms with E-state index in [4.69, 9.17) is 11.1 Å². The summed E-state index contributed by atoms with van der Waals surface area (Å²) in [7, 11) is 2.02. The molecule has 1 aliphatic heterocycles. The van der Waals surface area contributed by atoms with E-state index >= 15 is 0 Å². The van der Waals surface area contributed by atoms with Crippen molar-refractivity contribution in [2.75, 3.05) is 23.8 Å². The molecular weight excluding hydrogens is 506 g/mol. The number of amidine groups is 1. The molecule has 38 heavy (non-hydrogen) atoms. The van der Waals surface area contributed by atoms with E-state index in [0.29, 0.717) is 30.0 Å². The molecule has 0 spiro atoms. The van der Waals surface area contributed by atoms with E-state index in [2.05, 4.69) is 22.1 Å². The lowest BCUT2D eigenvalue weighted by Crippen LogP contribution is -2.50. The molecule has 11 heteroatoms. The maximum Gasteiger partial charge on any atom is 0.326 e. The number of likely N-dealkylation sites (N-methyl/N-ethyl adjacent to an activating group) is 1. The second kappa shape index (κ2) is 11.7. The number of hydrogen-bond acceptors (Lipinski definition) is 7. The van der Waals surface area contributed by atoms with Gasteiger partial charge in [0.15, 0.2) is 0 Å². The molecule has 1 aromatic carbocycles. The minimum atomic E-state index is -0.926. The minimum absolute atomic E-state index is 0. The summed E-state index contributed by atoms with van der Waals surface area (Å²) in [5, 5.41) is 21.0. The Balaban J connectivity index is 0.00000400. The van der Waals surface area contributed by atoms with Crippen molar-refractivity contribution in [3.05, 3.63) is 77.8 Å². The fourth-order valence-electron chi connectivity index (χ4n) is 5.27. The number of nitrogens with zero attached hydrogens (tertiary/aromatic N) is 4. The lowest BCUT2D eigenvalue weighted by Gasteiger charge is -2.39. The number of nitrogens with two attached hydrogens (primary N) is 1. The number of aliphatic carboxylic acids is 1.